The van der Waals surface area contributed by atoms with Gasteiger partial charge in [0.05, 0.1) is 16.6 Å². The highest BCUT2D eigenvalue weighted by Crippen LogP contribution is 2.11. The minimum absolute atomic E-state index is 0.725. The van der Waals surface area contributed by atoms with Gasteiger partial charge in [0.25, 0.3) is 0 Å². The predicted octanol–water partition coefficient (Wildman–Crippen LogP) is 3.44. The zero-order valence-electron chi connectivity index (χ0n) is 11.7. The molecule has 0 atom stereocenters. The second kappa shape index (κ2) is 7.78. The number of rotatable bonds is 7. The van der Waals surface area contributed by atoms with Gasteiger partial charge < -0.3 is 5.32 Å². The Labute approximate surface area is 124 Å². The van der Waals surface area contributed by atoms with E-state index >= 15 is 0 Å². The summed E-state index contributed by atoms with van der Waals surface area (Å²) in [6, 6.07) is 9.91. The number of nitrogens with zero attached hydrogens (tertiary/aromatic N) is 2. The van der Waals surface area contributed by atoms with Crippen molar-refractivity contribution in [1.29, 1.82) is 5.26 Å². The molecule has 1 aromatic carbocycles. The van der Waals surface area contributed by atoms with E-state index in [1.165, 1.54) is 10.6 Å². The summed E-state index contributed by atoms with van der Waals surface area (Å²) in [5.74, 6) is 0. The number of hydrogen-bond donors (Lipinski definition) is 1. The summed E-state index contributed by atoms with van der Waals surface area (Å²) in [7, 11) is 0. The Balaban J connectivity index is 1.60. The van der Waals surface area contributed by atoms with Crippen LogP contribution in [0, 0.1) is 18.3 Å². The van der Waals surface area contributed by atoms with Gasteiger partial charge in [-0.25, -0.2) is 4.98 Å². The van der Waals surface area contributed by atoms with Gasteiger partial charge in [-0.2, -0.15) is 5.26 Å². The monoisotopic (exact) mass is 285 g/mol. The second-order valence-electron chi connectivity index (χ2n) is 4.83. The van der Waals surface area contributed by atoms with Gasteiger partial charge in [-0.3, -0.25) is 0 Å². The van der Waals surface area contributed by atoms with Crippen LogP contribution in [0.25, 0.3) is 0 Å². The molecule has 0 amide bonds. The van der Waals surface area contributed by atoms with Crippen molar-refractivity contribution in [2.75, 3.05) is 6.54 Å². The summed E-state index contributed by atoms with van der Waals surface area (Å²) in [6.45, 7) is 3.87. The first-order valence-electron chi connectivity index (χ1n) is 6.88. The van der Waals surface area contributed by atoms with Crippen LogP contribution in [0.5, 0.6) is 0 Å². The van der Waals surface area contributed by atoms with Crippen LogP contribution in [-0.2, 0) is 13.0 Å². The molecule has 0 fully saturated rings. The maximum atomic E-state index is 8.84. The molecular formula is C16H19N3S. The fraction of sp³-hybridized carbons (Fsp3) is 0.375. The van der Waals surface area contributed by atoms with Crippen LogP contribution in [0.3, 0.4) is 0 Å². The van der Waals surface area contributed by atoms with Crippen molar-refractivity contribution in [2.45, 2.75) is 32.7 Å². The van der Waals surface area contributed by atoms with Crippen molar-refractivity contribution < 1.29 is 0 Å². The van der Waals surface area contributed by atoms with Gasteiger partial charge in [0.2, 0.25) is 0 Å². The van der Waals surface area contributed by atoms with E-state index in [-0.39, 0.29) is 0 Å². The number of unbranched alkanes of at least 4 members (excludes halogenated alkanes) is 1. The third-order valence-electron chi connectivity index (χ3n) is 3.05. The zero-order valence-corrected chi connectivity index (χ0v) is 12.5. The van der Waals surface area contributed by atoms with Gasteiger partial charge >= 0.3 is 0 Å². The molecule has 3 nitrogen and oxygen atoms in total. The summed E-state index contributed by atoms with van der Waals surface area (Å²) in [5.41, 5.74) is 3.02. The number of benzene rings is 1. The summed E-state index contributed by atoms with van der Waals surface area (Å²) in [5, 5.41) is 15.6. The van der Waals surface area contributed by atoms with Crippen molar-refractivity contribution in [3.05, 3.63) is 51.5 Å². The summed E-state index contributed by atoms with van der Waals surface area (Å²) in [6.07, 6.45) is 3.39. The highest BCUT2D eigenvalue weighted by atomic mass is 32.1. The highest BCUT2D eigenvalue weighted by Gasteiger charge is 1.99. The maximum Gasteiger partial charge on any atom is 0.0991 e. The lowest BCUT2D eigenvalue weighted by Crippen LogP contribution is -2.14. The van der Waals surface area contributed by atoms with E-state index in [1.807, 2.05) is 31.2 Å². The number of hydrogen-bond acceptors (Lipinski definition) is 4. The molecule has 0 aliphatic heterocycles. The van der Waals surface area contributed by atoms with E-state index in [2.05, 4.69) is 21.8 Å². The maximum absolute atomic E-state index is 8.84. The highest BCUT2D eigenvalue weighted by molar-refractivity contribution is 7.09. The number of aryl methyl sites for hydroxylation is 2. The molecule has 0 radical (unpaired) electrons. The van der Waals surface area contributed by atoms with E-state index in [4.69, 9.17) is 5.26 Å². The van der Waals surface area contributed by atoms with Crippen molar-refractivity contribution in [2.24, 2.45) is 0 Å². The number of aromatic nitrogens is 1. The Bertz CT molecular complexity index is 583. The molecule has 4 heteroatoms. The smallest absolute Gasteiger partial charge is 0.0991 e. The largest absolute Gasteiger partial charge is 0.313 e. The van der Waals surface area contributed by atoms with Crippen LogP contribution in [0.2, 0.25) is 0 Å². The van der Waals surface area contributed by atoms with Crippen LogP contribution >= 0.6 is 11.3 Å². The molecule has 0 aliphatic carbocycles. The first-order valence-corrected chi connectivity index (χ1v) is 7.76. The van der Waals surface area contributed by atoms with E-state index in [1.54, 1.807) is 11.3 Å². The van der Waals surface area contributed by atoms with Gasteiger partial charge in [-0.15, -0.1) is 11.3 Å². The molecule has 1 aromatic heterocycles. The van der Waals surface area contributed by atoms with Crippen LogP contribution in [0.4, 0.5) is 0 Å². The Kier molecular flexibility index (Phi) is 5.72. The molecule has 0 aliphatic rings. The van der Waals surface area contributed by atoms with E-state index in [0.29, 0.717) is 0 Å². The number of nitriles is 1. The summed E-state index contributed by atoms with van der Waals surface area (Å²) in [4.78, 5) is 4.46. The standard InChI is InChI=1S/C16H19N3S/c1-13-12-20-16(19-13)7-2-3-8-18-11-15-6-4-5-14(9-15)10-17/h4-6,9,12,18H,2-3,7-8,11H2,1H3. The average Bonchev–Trinajstić information content (AvgIpc) is 2.88. The third-order valence-corrected chi connectivity index (χ3v) is 4.07. The molecule has 1 N–H and O–H groups in total. The lowest BCUT2D eigenvalue weighted by molar-refractivity contribution is 0.622. The SMILES string of the molecule is Cc1csc(CCCCNCc2cccc(C#N)c2)n1. The van der Waals surface area contributed by atoms with E-state index < -0.39 is 0 Å². The van der Waals surface area contributed by atoms with Crippen LogP contribution in [-0.4, -0.2) is 11.5 Å². The Morgan fingerprint density at radius 3 is 3.00 bits per heavy atom. The van der Waals surface area contributed by atoms with Gasteiger partial charge in [-0.1, -0.05) is 12.1 Å². The first kappa shape index (κ1) is 14.7. The predicted molar refractivity (Wildman–Crippen MR) is 82.7 cm³/mol. The molecule has 2 rings (SSSR count). The lowest BCUT2D eigenvalue weighted by atomic mass is 10.1. The quantitative estimate of drug-likeness (QED) is 0.793. The molecule has 1 heterocycles. The van der Waals surface area contributed by atoms with Gasteiger partial charge in [-0.05, 0) is 50.4 Å². The number of thiazole rings is 1. The topological polar surface area (TPSA) is 48.7 Å². The second-order valence-corrected chi connectivity index (χ2v) is 5.77. The molecule has 104 valence electrons. The van der Waals surface area contributed by atoms with Crippen molar-refractivity contribution in [3.63, 3.8) is 0 Å². The Hall–Kier alpha value is -1.70. The van der Waals surface area contributed by atoms with E-state index in [9.17, 15) is 0 Å². The zero-order chi connectivity index (χ0) is 14.2. The summed E-state index contributed by atoms with van der Waals surface area (Å²) < 4.78 is 0. The Morgan fingerprint density at radius 2 is 2.25 bits per heavy atom. The Morgan fingerprint density at radius 1 is 1.35 bits per heavy atom. The fourth-order valence-corrected chi connectivity index (χ4v) is 2.85. The van der Waals surface area contributed by atoms with Crippen molar-refractivity contribution in [3.8, 4) is 6.07 Å². The van der Waals surface area contributed by atoms with Crippen LogP contribution < -0.4 is 5.32 Å². The first-order chi connectivity index (χ1) is 9.78. The molecule has 0 saturated carbocycles. The molecule has 0 unspecified atom stereocenters. The average molecular weight is 285 g/mol. The third kappa shape index (κ3) is 4.76. The fourth-order valence-electron chi connectivity index (χ4n) is 2.03. The molecule has 20 heavy (non-hydrogen) atoms. The van der Waals surface area contributed by atoms with Gasteiger partial charge in [0, 0.05) is 17.6 Å². The molecule has 0 bridgehead atoms. The molecule has 0 spiro atoms. The normalized spacial score (nSPS) is 10.4. The van der Waals surface area contributed by atoms with E-state index in [0.717, 1.165) is 43.6 Å². The molecular weight excluding hydrogens is 266 g/mol. The van der Waals surface area contributed by atoms with Crippen molar-refractivity contribution in [1.82, 2.24) is 10.3 Å². The lowest BCUT2D eigenvalue weighted by Gasteiger charge is -2.04. The van der Waals surface area contributed by atoms with Gasteiger partial charge in [0.1, 0.15) is 0 Å². The minimum atomic E-state index is 0.725. The molecule has 2 aromatic rings. The minimum Gasteiger partial charge on any atom is -0.313 e. The van der Waals surface area contributed by atoms with Crippen molar-refractivity contribution >= 4 is 11.3 Å². The molecule has 0 saturated heterocycles. The van der Waals surface area contributed by atoms with Crippen LogP contribution in [0.1, 0.15) is 34.7 Å². The number of nitrogens with one attached hydrogen (secondary N) is 1. The van der Waals surface area contributed by atoms with Crippen LogP contribution in [0.15, 0.2) is 29.6 Å². The van der Waals surface area contributed by atoms with Gasteiger partial charge in [0.15, 0.2) is 0 Å². The summed E-state index contributed by atoms with van der Waals surface area (Å²) >= 11 is 1.75.